The predicted molar refractivity (Wildman–Crippen MR) is 103 cm³/mol. The third kappa shape index (κ3) is 3.01. The monoisotopic (exact) mass is 364 g/mol. The van der Waals surface area contributed by atoms with Crippen molar-refractivity contribution in [2.45, 2.75) is 6.54 Å². The second-order valence-electron chi connectivity index (χ2n) is 6.90. The first-order valence-corrected chi connectivity index (χ1v) is 9.32. The van der Waals surface area contributed by atoms with Crippen molar-refractivity contribution in [2.75, 3.05) is 32.8 Å². The molecule has 5 rings (SSSR count). The molecule has 3 heterocycles. The molecule has 1 aliphatic heterocycles. The van der Waals surface area contributed by atoms with Crippen LogP contribution in [0.5, 0.6) is 0 Å². The summed E-state index contributed by atoms with van der Waals surface area (Å²) in [5.41, 5.74) is 4.09. The van der Waals surface area contributed by atoms with E-state index in [1.807, 2.05) is 12.3 Å². The van der Waals surface area contributed by atoms with Crippen LogP contribution in [0.15, 0.2) is 54.7 Å². The normalized spacial score (nSPS) is 15.7. The molecule has 1 fully saturated rings. The number of halogens is 1. The van der Waals surface area contributed by atoms with Crippen molar-refractivity contribution in [3.63, 3.8) is 0 Å². The third-order valence-corrected chi connectivity index (χ3v) is 5.24. The molecule has 6 heteroatoms. The Bertz CT molecular complexity index is 1080. The number of benzene rings is 2. The first-order valence-electron chi connectivity index (χ1n) is 9.32. The molecular weight excluding hydrogens is 343 g/mol. The summed E-state index contributed by atoms with van der Waals surface area (Å²) in [6, 6.07) is 14.9. The summed E-state index contributed by atoms with van der Waals surface area (Å²) >= 11 is 0. The first kappa shape index (κ1) is 16.5. The summed E-state index contributed by atoms with van der Waals surface area (Å²) in [6.45, 7) is 5.41. The molecule has 5 nitrogen and oxygen atoms in total. The van der Waals surface area contributed by atoms with Crippen LogP contribution < -0.4 is 0 Å². The van der Waals surface area contributed by atoms with Crippen LogP contribution in [0.1, 0.15) is 0 Å². The van der Waals surface area contributed by atoms with Crippen LogP contribution in [-0.4, -0.2) is 51.7 Å². The van der Waals surface area contributed by atoms with Crippen molar-refractivity contribution >= 4 is 16.8 Å². The van der Waals surface area contributed by atoms with Crippen molar-refractivity contribution in [1.82, 2.24) is 18.9 Å². The van der Waals surface area contributed by atoms with E-state index in [2.05, 4.69) is 32.1 Å². The minimum atomic E-state index is -0.233. The van der Waals surface area contributed by atoms with Gasteiger partial charge in [-0.3, -0.25) is 9.30 Å². The van der Waals surface area contributed by atoms with E-state index in [-0.39, 0.29) is 5.82 Å². The molecule has 138 valence electrons. The van der Waals surface area contributed by atoms with Gasteiger partial charge >= 0.3 is 0 Å². The van der Waals surface area contributed by atoms with Crippen molar-refractivity contribution < 1.29 is 9.13 Å². The fourth-order valence-electron chi connectivity index (χ4n) is 3.79. The zero-order valence-corrected chi connectivity index (χ0v) is 15.0. The quantitative estimate of drug-likeness (QED) is 0.556. The Morgan fingerprint density at radius 3 is 2.44 bits per heavy atom. The molecule has 0 aliphatic carbocycles. The Kier molecular flexibility index (Phi) is 4.14. The standard InChI is InChI=1S/C21H21FN4O/c22-17-7-5-16(6-8-17)18-15-26-20-4-2-1-3-19(20)25(21(26)23-18)10-9-24-11-13-27-14-12-24/h1-8,15H,9-14H2. The molecule has 1 aliphatic rings. The highest BCUT2D eigenvalue weighted by molar-refractivity contribution is 5.82. The molecule has 1 saturated heterocycles. The van der Waals surface area contributed by atoms with Gasteiger partial charge in [0.05, 0.1) is 29.9 Å². The zero-order chi connectivity index (χ0) is 18.2. The van der Waals surface area contributed by atoms with Gasteiger partial charge in [-0.2, -0.15) is 0 Å². The maximum atomic E-state index is 13.3. The number of fused-ring (bicyclic) bond motifs is 3. The van der Waals surface area contributed by atoms with Crippen molar-refractivity contribution in [1.29, 1.82) is 0 Å². The molecule has 2 aromatic heterocycles. The Balaban J connectivity index is 1.55. The summed E-state index contributed by atoms with van der Waals surface area (Å²) in [5.74, 6) is 0.687. The average molecular weight is 364 g/mol. The summed E-state index contributed by atoms with van der Waals surface area (Å²) in [4.78, 5) is 7.30. The van der Waals surface area contributed by atoms with E-state index < -0.39 is 0 Å². The van der Waals surface area contributed by atoms with Gasteiger partial charge < -0.3 is 9.30 Å². The molecule has 0 saturated carbocycles. The van der Waals surface area contributed by atoms with E-state index in [1.165, 1.54) is 17.6 Å². The number of hydrogen-bond acceptors (Lipinski definition) is 3. The largest absolute Gasteiger partial charge is 0.379 e. The summed E-state index contributed by atoms with van der Waals surface area (Å²) in [6.07, 6.45) is 2.04. The predicted octanol–water partition coefficient (Wildman–Crippen LogP) is 3.43. The number of nitrogens with zero attached hydrogens (tertiary/aromatic N) is 4. The van der Waals surface area contributed by atoms with Gasteiger partial charge in [0.25, 0.3) is 0 Å². The van der Waals surface area contributed by atoms with E-state index >= 15 is 0 Å². The molecule has 0 amide bonds. The van der Waals surface area contributed by atoms with Crippen LogP contribution >= 0.6 is 0 Å². The number of ether oxygens (including phenoxy) is 1. The number of imidazole rings is 2. The molecular formula is C21H21FN4O. The second-order valence-corrected chi connectivity index (χ2v) is 6.90. The lowest BCUT2D eigenvalue weighted by Crippen LogP contribution is -2.38. The molecule has 0 bridgehead atoms. The molecule has 0 radical (unpaired) electrons. The minimum absolute atomic E-state index is 0.233. The highest BCUT2D eigenvalue weighted by Gasteiger charge is 2.16. The van der Waals surface area contributed by atoms with Crippen LogP contribution in [0.4, 0.5) is 4.39 Å². The molecule has 2 aromatic carbocycles. The minimum Gasteiger partial charge on any atom is -0.379 e. The average Bonchev–Trinajstić information content (AvgIpc) is 3.26. The highest BCUT2D eigenvalue weighted by Crippen LogP contribution is 2.25. The van der Waals surface area contributed by atoms with E-state index in [1.54, 1.807) is 12.1 Å². The summed E-state index contributed by atoms with van der Waals surface area (Å²) in [7, 11) is 0. The Morgan fingerprint density at radius 2 is 1.67 bits per heavy atom. The summed E-state index contributed by atoms with van der Waals surface area (Å²) < 4.78 is 23.1. The van der Waals surface area contributed by atoms with Crippen molar-refractivity contribution in [2.24, 2.45) is 0 Å². The molecule has 0 unspecified atom stereocenters. The Morgan fingerprint density at radius 1 is 0.926 bits per heavy atom. The lowest BCUT2D eigenvalue weighted by Gasteiger charge is -2.26. The van der Waals surface area contributed by atoms with E-state index in [0.29, 0.717) is 0 Å². The number of hydrogen-bond donors (Lipinski definition) is 0. The van der Waals surface area contributed by atoms with Crippen LogP contribution in [0.2, 0.25) is 0 Å². The van der Waals surface area contributed by atoms with Gasteiger partial charge in [-0.1, -0.05) is 12.1 Å². The second kappa shape index (κ2) is 6.79. The topological polar surface area (TPSA) is 34.7 Å². The summed E-state index contributed by atoms with van der Waals surface area (Å²) in [5, 5.41) is 0. The van der Waals surface area contributed by atoms with E-state index in [9.17, 15) is 4.39 Å². The number of rotatable bonds is 4. The Hall–Kier alpha value is -2.70. The maximum absolute atomic E-state index is 13.3. The van der Waals surface area contributed by atoms with Gasteiger partial charge in [-0.15, -0.1) is 0 Å². The fraction of sp³-hybridized carbons (Fsp3) is 0.286. The van der Waals surface area contributed by atoms with Crippen molar-refractivity contribution in [3.8, 4) is 11.3 Å². The lowest BCUT2D eigenvalue weighted by molar-refractivity contribution is 0.0366. The number of aromatic nitrogens is 3. The smallest absolute Gasteiger partial charge is 0.215 e. The highest BCUT2D eigenvalue weighted by atomic mass is 19.1. The van der Waals surface area contributed by atoms with Crippen LogP contribution in [-0.2, 0) is 11.3 Å². The fourth-order valence-corrected chi connectivity index (χ4v) is 3.79. The maximum Gasteiger partial charge on any atom is 0.215 e. The Labute approximate surface area is 156 Å². The lowest BCUT2D eigenvalue weighted by atomic mass is 10.2. The van der Waals surface area contributed by atoms with Gasteiger partial charge in [0.1, 0.15) is 5.82 Å². The zero-order valence-electron chi connectivity index (χ0n) is 15.0. The van der Waals surface area contributed by atoms with E-state index in [0.717, 1.165) is 61.9 Å². The molecule has 0 atom stereocenters. The van der Waals surface area contributed by atoms with Gasteiger partial charge in [0, 0.05) is 37.9 Å². The SMILES string of the molecule is Fc1ccc(-c2cn3c4ccccc4n(CCN4CCOCC4)c3n2)cc1. The molecule has 0 N–H and O–H groups in total. The third-order valence-electron chi connectivity index (χ3n) is 5.24. The van der Waals surface area contributed by atoms with Gasteiger partial charge in [-0.05, 0) is 36.4 Å². The van der Waals surface area contributed by atoms with Crippen LogP contribution in [0, 0.1) is 5.82 Å². The molecule has 4 aromatic rings. The van der Waals surface area contributed by atoms with Crippen LogP contribution in [0.25, 0.3) is 28.1 Å². The molecule has 27 heavy (non-hydrogen) atoms. The van der Waals surface area contributed by atoms with Gasteiger partial charge in [0.2, 0.25) is 5.78 Å². The van der Waals surface area contributed by atoms with Crippen molar-refractivity contribution in [3.05, 3.63) is 60.5 Å². The first-order chi connectivity index (χ1) is 13.3. The van der Waals surface area contributed by atoms with E-state index in [4.69, 9.17) is 9.72 Å². The molecule has 0 spiro atoms. The van der Waals surface area contributed by atoms with Gasteiger partial charge in [0.15, 0.2) is 0 Å². The number of morpholine rings is 1. The van der Waals surface area contributed by atoms with Crippen LogP contribution in [0.3, 0.4) is 0 Å². The van der Waals surface area contributed by atoms with Gasteiger partial charge in [-0.25, -0.2) is 9.37 Å². The number of para-hydroxylation sites is 2.